The lowest BCUT2D eigenvalue weighted by Crippen LogP contribution is -2.40. The fourth-order valence-corrected chi connectivity index (χ4v) is 2.98. The van der Waals surface area contributed by atoms with Gasteiger partial charge in [0, 0.05) is 29.3 Å². The number of nitrogens with two attached hydrogens (primary N) is 1. The Labute approximate surface area is 118 Å². The van der Waals surface area contributed by atoms with Crippen LogP contribution in [0, 0.1) is 0 Å². The second-order valence-corrected chi connectivity index (χ2v) is 5.91. The first kappa shape index (κ1) is 13.8. The van der Waals surface area contributed by atoms with Crippen LogP contribution < -0.4 is 10.6 Å². The number of hydrogen-bond donors (Lipinski definition) is 1. The molecule has 1 saturated heterocycles. The van der Waals surface area contributed by atoms with Crippen LogP contribution in [0.2, 0.25) is 0 Å². The molecule has 0 spiro atoms. The van der Waals surface area contributed by atoms with E-state index < -0.39 is 0 Å². The third-order valence-electron chi connectivity index (χ3n) is 3.67. The lowest BCUT2D eigenvalue weighted by atomic mass is 10.1. The number of rotatable bonds is 3. The molecule has 1 aromatic rings. The molecule has 1 atom stereocenters. The van der Waals surface area contributed by atoms with E-state index >= 15 is 0 Å². The molecule has 100 valence electrons. The van der Waals surface area contributed by atoms with E-state index in [-0.39, 0.29) is 0 Å². The van der Waals surface area contributed by atoms with Gasteiger partial charge >= 0.3 is 0 Å². The van der Waals surface area contributed by atoms with Crippen LogP contribution in [0.25, 0.3) is 0 Å². The number of nitrogens with zero attached hydrogens (tertiary/aromatic N) is 2. The molecular formula is C14H22BrN3. The minimum atomic E-state index is 0.566. The Morgan fingerprint density at radius 3 is 2.94 bits per heavy atom. The predicted molar refractivity (Wildman–Crippen MR) is 81.1 cm³/mol. The quantitative estimate of drug-likeness (QED) is 0.930. The van der Waals surface area contributed by atoms with E-state index in [0.29, 0.717) is 6.04 Å². The summed E-state index contributed by atoms with van der Waals surface area (Å²) in [6.07, 6.45) is 2.28. The standard InChI is InChI=1S/C14H22BrN3/c1-17-8-3-9-18(11-14(17)6-7-16)13-5-2-4-12(15)10-13/h2,4-5,10,14H,3,6-9,11,16H2,1H3. The maximum Gasteiger partial charge on any atom is 0.0378 e. The smallest absolute Gasteiger partial charge is 0.0378 e. The van der Waals surface area contributed by atoms with Gasteiger partial charge in [0.25, 0.3) is 0 Å². The molecule has 1 aliphatic heterocycles. The second-order valence-electron chi connectivity index (χ2n) is 4.99. The second kappa shape index (κ2) is 6.55. The van der Waals surface area contributed by atoms with E-state index in [2.05, 4.69) is 57.0 Å². The lowest BCUT2D eigenvalue weighted by Gasteiger charge is -2.30. The molecule has 0 bridgehead atoms. The molecule has 1 aliphatic rings. The molecule has 18 heavy (non-hydrogen) atoms. The van der Waals surface area contributed by atoms with Gasteiger partial charge in [0.2, 0.25) is 0 Å². The largest absolute Gasteiger partial charge is 0.370 e. The van der Waals surface area contributed by atoms with Crippen LogP contribution in [0.1, 0.15) is 12.8 Å². The van der Waals surface area contributed by atoms with Gasteiger partial charge < -0.3 is 15.5 Å². The van der Waals surface area contributed by atoms with Gasteiger partial charge in [-0.3, -0.25) is 0 Å². The number of halogens is 1. The summed E-state index contributed by atoms with van der Waals surface area (Å²) in [5.41, 5.74) is 7.04. The number of hydrogen-bond acceptors (Lipinski definition) is 3. The van der Waals surface area contributed by atoms with Crippen LogP contribution >= 0.6 is 15.9 Å². The van der Waals surface area contributed by atoms with Gasteiger partial charge in [-0.2, -0.15) is 0 Å². The van der Waals surface area contributed by atoms with E-state index in [4.69, 9.17) is 5.73 Å². The van der Waals surface area contributed by atoms with Crippen molar-refractivity contribution in [3.05, 3.63) is 28.7 Å². The molecular weight excluding hydrogens is 290 g/mol. The zero-order chi connectivity index (χ0) is 13.0. The monoisotopic (exact) mass is 311 g/mol. The Bertz CT molecular complexity index is 383. The first-order valence-corrected chi connectivity index (χ1v) is 7.41. The predicted octanol–water partition coefficient (Wildman–Crippen LogP) is 2.31. The molecule has 3 nitrogen and oxygen atoms in total. The molecule has 4 heteroatoms. The van der Waals surface area contributed by atoms with E-state index in [1.54, 1.807) is 0 Å². The SMILES string of the molecule is CN1CCCN(c2cccc(Br)c2)CC1CCN. The molecule has 0 amide bonds. The van der Waals surface area contributed by atoms with E-state index in [0.717, 1.165) is 37.1 Å². The molecule has 1 heterocycles. The fourth-order valence-electron chi connectivity index (χ4n) is 2.59. The van der Waals surface area contributed by atoms with Gasteiger partial charge in [-0.1, -0.05) is 22.0 Å². The maximum absolute atomic E-state index is 5.73. The van der Waals surface area contributed by atoms with Gasteiger partial charge in [-0.25, -0.2) is 0 Å². The summed E-state index contributed by atoms with van der Waals surface area (Å²) in [5, 5.41) is 0. The highest BCUT2D eigenvalue weighted by atomic mass is 79.9. The van der Waals surface area contributed by atoms with Gasteiger partial charge in [-0.15, -0.1) is 0 Å². The molecule has 0 saturated carbocycles. The zero-order valence-electron chi connectivity index (χ0n) is 11.0. The molecule has 0 aromatic heterocycles. The summed E-state index contributed by atoms with van der Waals surface area (Å²) >= 11 is 3.55. The van der Waals surface area contributed by atoms with Crippen LogP contribution in [-0.4, -0.2) is 44.2 Å². The molecule has 1 fully saturated rings. The van der Waals surface area contributed by atoms with Gasteiger partial charge in [0.05, 0.1) is 0 Å². The van der Waals surface area contributed by atoms with Crippen molar-refractivity contribution in [1.82, 2.24) is 4.90 Å². The summed E-state index contributed by atoms with van der Waals surface area (Å²) in [6, 6.07) is 9.13. The van der Waals surface area contributed by atoms with Crippen molar-refractivity contribution in [3.63, 3.8) is 0 Å². The van der Waals surface area contributed by atoms with Crippen molar-refractivity contribution < 1.29 is 0 Å². The molecule has 0 radical (unpaired) electrons. The number of likely N-dealkylation sites (N-methyl/N-ethyl adjacent to an activating group) is 1. The van der Waals surface area contributed by atoms with Crippen LogP contribution in [0.15, 0.2) is 28.7 Å². The van der Waals surface area contributed by atoms with E-state index in [1.165, 1.54) is 12.1 Å². The van der Waals surface area contributed by atoms with Crippen molar-refractivity contribution in [2.45, 2.75) is 18.9 Å². The third kappa shape index (κ3) is 3.46. The van der Waals surface area contributed by atoms with Crippen LogP contribution in [0.4, 0.5) is 5.69 Å². The van der Waals surface area contributed by atoms with Crippen molar-refractivity contribution >= 4 is 21.6 Å². The summed E-state index contributed by atoms with van der Waals surface area (Å²) in [7, 11) is 2.21. The Hall–Kier alpha value is -0.580. The Balaban J connectivity index is 2.12. The van der Waals surface area contributed by atoms with Crippen molar-refractivity contribution in [1.29, 1.82) is 0 Å². The molecule has 2 rings (SSSR count). The highest BCUT2D eigenvalue weighted by Gasteiger charge is 2.21. The first-order chi connectivity index (χ1) is 8.70. The molecule has 2 N–H and O–H groups in total. The summed E-state index contributed by atoms with van der Waals surface area (Å²) in [5.74, 6) is 0. The fraction of sp³-hybridized carbons (Fsp3) is 0.571. The van der Waals surface area contributed by atoms with E-state index in [1.807, 2.05) is 0 Å². The Morgan fingerprint density at radius 2 is 2.22 bits per heavy atom. The van der Waals surface area contributed by atoms with Crippen LogP contribution in [0.5, 0.6) is 0 Å². The number of anilines is 1. The Kier molecular flexibility index (Phi) is 5.03. The minimum absolute atomic E-state index is 0.566. The zero-order valence-corrected chi connectivity index (χ0v) is 12.6. The maximum atomic E-state index is 5.73. The summed E-state index contributed by atoms with van der Waals surface area (Å²) < 4.78 is 1.15. The van der Waals surface area contributed by atoms with Crippen molar-refractivity contribution in [3.8, 4) is 0 Å². The summed E-state index contributed by atoms with van der Waals surface area (Å²) in [4.78, 5) is 4.93. The average molecular weight is 312 g/mol. The van der Waals surface area contributed by atoms with Crippen molar-refractivity contribution in [2.75, 3.05) is 38.1 Å². The van der Waals surface area contributed by atoms with Crippen molar-refractivity contribution in [2.24, 2.45) is 5.73 Å². The summed E-state index contributed by atoms with van der Waals surface area (Å²) in [6.45, 7) is 4.13. The normalized spacial score (nSPS) is 21.9. The number of benzene rings is 1. The Morgan fingerprint density at radius 1 is 1.39 bits per heavy atom. The van der Waals surface area contributed by atoms with Gasteiger partial charge in [-0.05, 0) is 51.2 Å². The highest BCUT2D eigenvalue weighted by Crippen LogP contribution is 2.23. The van der Waals surface area contributed by atoms with Gasteiger partial charge in [0.1, 0.15) is 0 Å². The average Bonchev–Trinajstić information content (AvgIpc) is 2.53. The first-order valence-electron chi connectivity index (χ1n) is 6.61. The van der Waals surface area contributed by atoms with Gasteiger partial charge in [0.15, 0.2) is 0 Å². The molecule has 1 aromatic carbocycles. The highest BCUT2D eigenvalue weighted by molar-refractivity contribution is 9.10. The lowest BCUT2D eigenvalue weighted by molar-refractivity contribution is 0.251. The minimum Gasteiger partial charge on any atom is -0.370 e. The molecule has 1 unspecified atom stereocenters. The third-order valence-corrected chi connectivity index (χ3v) is 4.16. The van der Waals surface area contributed by atoms with Crippen LogP contribution in [-0.2, 0) is 0 Å². The molecule has 0 aliphatic carbocycles. The van der Waals surface area contributed by atoms with E-state index in [9.17, 15) is 0 Å². The topological polar surface area (TPSA) is 32.5 Å². The van der Waals surface area contributed by atoms with Crippen LogP contribution in [0.3, 0.4) is 0 Å².